The van der Waals surface area contributed by atoms with Gasteiger partial charge in [0.15, 0.2) is 11.5 Å². The van der Waals surface area contributed by atoms with Gasteiger partial charge >= 0.3 is 0 Å². The van der Waals surface area contributed by atoms with Crippen molar-refractivity contribution in [2.45, 2.75) is 0 Å². The maximum atomic E-state index is 13.4. The summed E-state index contributed by atoms with van der Waals surface area (Å²) in [7, 11) is 0. The molecule has 4 nitrogen and oxygen atoms in total. The molecule has 0 saturated carbocycles. The summed E-state index contributed by atoms with van der Waals surface area (Å²) < 4.78 is 24.2. The summed E-state index contributed by atoms with van der Waals surface area (Å²) >= 11 is 0. The number of benzene rings is 1. The second-order valence-electron chi connectivity index (χ2n) is 4.51. The van der Waals surface area contributed by atoms with E-state index < -0.39 is 0 Å². The quantitative estimate of drug-likeness (QED) is 0.549. The lowest BCUT2D eigenvalue weighted by molar-refractivity contribution is 0.572. The maximum Gasteiger partial charge on any atom is 0.154 e. The number of rotatable bonds is 2. The van der Waals surface area contributed by atoms with Gasteiger partial charge in [-0.15, -0.1) is 0 Å². The highest BCUT2D eigenvalue weighted by Gasteiger charge is 2.17. The molecule has 3 heterocycles. The summed E-state index contributed by atoms with van der Waals surface area (Å²) in [5.74, 6) is 0.785. The van der Waals surface area contributed by atoms with E-state index in [-0.39, 0.29) is 5.82 Å². The first-order valence-corrected chi connectivity index (χ1v) is 6.36. The third-order valence-electron chi connectivity index (χ3n) is 3.14. The highest BCUT2D eigenvalue weighted by molar-refractivity contribution is 5.83. The molecule has 0 amide bonds. The molecule has 1 aromatic carbocycles. The molecule has 0 saturated heterocycles. The molecule has 0 radical (unpaired) electrons. The van der Waals surface area contributed by atoms with Crippen molar-refractivity contribution in [1.82, 2.24) is 9.97 Å². The highest BCUT2D eigenvalue weighted by atomic mass is 19.1. The predicted molar refractivity (Wildman–Crippen MR) is 74.9 cm³/mol. The van der Waals surface area contributed by atoms with E-state index in [1.165, 1.54) is 12.1 Å². The lowest BCUT2D eigenvalue weighted by Gasteiger charge is -2.06. The normalized spacial score (nSPS) is 11.1. The van der Waals surface area contributed by atoms with Gasteiger partial charge < -0.3 is 8.83 Å². The minimum Gasteiger partial charge on any atom is -0.463 e. The highest BCUT2D eigenvalue weighted by Crippen LogP contribution is 2.31. The van der Waals surface area contributed by atoms with Crippen LogP contribution in [0.1, 0.15) is 0 Å². The summed E-state index contributed by atoms with van der Waals surface area (Å²) in [6.45, 7) is 0. The fourth-order valence-corrected chi connectivity index (χ4v) is 2.20. The van der Waals surface area contributed by atoms with Crippen LogP contribution in [0.5, 0.6) is 0 Å². The molecule has 0 aliphatic rings. The van der Waals surface area contributed by atoms with Crippen LogP contribution in [-0.4, -0.2) is 9.97 Å². The summed E-state index contributed by atoms with van der Waals surface area (Å²) in [5.41, 5.74) is 2.15. The van der Waals surface area contributed by atoms with Crippen LogP contribution in [0, 0.1) is 5.82 Å². The topological polar surface area (TPSA) is 52.1 Å². The number of hydrogen-bond donors (Lipinski definition) is 0. The van der Waals surface area contributed by atoms with Gasteiger partial charge in [-0.1, -0.05) is 0 Å². The van der Waals surface area contributed by atoms with Crippen LogP contribution in [-0.2, 0) is 0 Å². The summed E-state index contributed by atoms with van der Waals surface area (Å²) in [5, 5.41) is 0. The minimum atomic E-state index is -0.354. The van der Waals surface area contributed by atoms with E-state index in [0.717, 1.165) is 0 Å². The molecule has 0 bridgehead atoms. The molecule has 0 aliphatic heterocycles. The molecule has 4 rings (SSSR count). The average Bonchev–Trinajstić information content (AvgIpc) is 3.19. The van der Waals surface area contributed by atoms with Crippen molar-refractivity contribution in [3.63, 3.8) is 0 Å². The van der Waals surface area contributed by atoms with Gasteiger partial charge in [-0.2, -0.15) is 0 Å². The first kappa shape index (κ1) is 11.8. The molecule has 0 unspecified atom stereocenters. The molecule has 0 atom stereocenters. The number of nitrogens with zero attached hydrogens (tertiary/aromatic N) is 2. The van der Waals surface area contributed by atoms with Gasteiger partial charge in [0.25, 0.3) is 0 Å². The lowest BCUT2D eigenvalue weighted by Crippen LogP contribution is -1.94. The van der Waals surface area contributed by atoms with E-state index in [1.807, 2.05) is 0 Å². The molecule has 0 spiro atoms. The van der Waals surface area contributed by atoms with Crippen molar-refractivity contribution in [3.8, 4) is 22.9 Å². The van der Waals surface area contributed by atoms with Crippen LogP contribution in [0.3, 0.4) is 0 Å². The van der Waals surface area contributed by atoms with Gasteiger partial charge in [-0.25, -0.2) is 14.4 Å². The number of halogens is 1. The van der Waals surface area contributed by atoms with E-state index in [0.29, 0.717) is 33.9 Å². The van der Waals surface area contributed by atoms with Crippen LogP contribution in [0.4, 0.5) is 4.39 Å². The third-order valence-corrected chi connectivity index (χ3v) is 3.14. The molecule has 5 heteroatoms. The Labute approximate surface area is 118 Å². The largest absolute Gasteiger partial charge is 0.463 e. The molecule has 21 heavy (non-hydrogen) atoms. The SMILES string of the molecule is Fc1ccc2nc(-c3ccco3)c(-c3ccco3)nc2c1. The van der Waals surface area contributed by atoms with Crippen LogP contribution in [0.2, 0.25) is 0 Å². The fraction of sp³-hybridized carbons (Fsp3) is 0. The molecular formula is C16H9FN2O2. The van der Waals surface area contributed by atoms with Crippen LogP contribution in [0.15, 0.2) is 63.8 Å². The molecule has 0 fully saturated rings. The zero-order chi connectivity index (χ0) is 14.2. The number of furan rings is 2. The van der Waals surface area contributed by atoms with Gasteiger partial charge in [-0.05, 0) is 36.4 Å². The second-order valence-corrected chi connectivity index (χ2v) is 4.51. The summed E-state index contributed by atoms with van der Waals surface area (Å²) in [6.07, 6.45) is 3.12. The van der Waals surface area contributed by atoms with Gasteiger partial charge in [0.1, 0.15) is 17.2 Å². The van der Waals surface area contributed by atoms with E-state index >= 15 is 0 Å². The van der Waals surface area contributed by atoms with Crippen LogP contribution < -0.4 is 0 Å². The predicted octanol–water partition coefficient (Wildman–Crippen LogP) is 4.29. The average molecular weight is 280 g/mol. The fourth-order valence-electron chi connectivity index (χ4n) is 2.20. The summed E-state index contributed by atoms with van der Waals surface area (Å²) in [6, 6.07) is 11.4. The van der Waals surface area contributed by atoms with Crippen molar-refractivity contribution in [1.29, 1.82) is 0 Å². The Kier molecular flexibility index (Phi) is 2.57. The van der Waals surface area contributed by atoms with E-state index in [2.05, 4.69) is 9.97 Å². The van der Waals surface area contributed by atoms with Crippen molar-refractivity contribution >= 4 is 11.0 Å². The summed E-state index contributed by atoms with van der Waals surface area (Å²) in [4.78, 5) is 9.01. The van der Waals surface area contributed by atoms with E-state index in [1.54, 1.807) is 42.9 Å². The Balaban J connectivity index is 2.05. The maximum absolute atomic E-state index is 13.4. The Morgan fingerprint density at radius 2 is 1.38 bits per heavy atom. The van der Waals surface area contributed by atoms with E-state index in [9.17, 15) is 4.39 Å². The van der Waals surface area contributed by atoms with Gasteiger partial charge in [0.2, 0.25) is 0 Å². The van der Waals surface area contributed by atoms with Crippen molar-refractivity contribution in [3.05, 3.63) is 60.8 Å². The molecule has 0 aliphatic carbocycles. The number of aromatic nitrogens is 2. The Bertz CT molecular complexity index is 900. The van der Waals surface area contributed by atoms with Gasteiger partial charge in [0, 0.05) is 6.07 Å². The minimum absolute atomic E-state index is 0.354. The smallest absolute Gasteiger partial charge is 0.154 e. The van der Waals surface area contributed by atoms with Crippen molar-refractivity contribution in [2.24, 2.45) is 0 Å². The molecule has 3 aromatic heterocycles. The first-order chi connectivity index (χ1) is 10.3. The third kappa shape index (κ3) is 1.99. The molecule has 102 valence electrons. The molecule has 4 aromatic rings. The first-order valence-electron chi connectivity index (χ1n) is 6.36. The monoisotopic (exact) mass is 280 g/mol. The zero-order valence-corrected chi connectivity index (χ0v) is 10.8. The Morgan fingerprint density at radius 3 is 1.95 bits per heavy atom. The number of fused-ring (bicyclic) bond motifs is 1. The van der Waals surface area contributed by atoms with Crippen LogP contribution >= 0.6 is 0 Å². The number of hydrogen-bond acceptors (Lipinski definition) is 4. The van der Waals surface area contributed by atoms with Gasteiger partial charge in [-0.3, -0.25) is 0 Å². The Hall–Kier alpha value is -2.95. The Morgan fingerprint density at radius 1 is 0.762 bits per heavy atom. The van der Waals surface area contributed by atoms with Crippen molar-refractivity contribution in [2.75, 3.05) is 0 Å². The zero-order valence-electron chi connectivity index (χ0n) is 10.8. The van der Waals surface area contributed by atoms with E-state index in [4.69, 9.17) is 8.83 Å². The molecular weight excluding hydrogens is 271 g/mol. The lowest BCUT2D eigenvalue weighted by atomic mass is 10.2. The van der Waals surface area contributed by atoms with Gasteiger partial charge in [0.05, 0.1) is 23.6 Å². The van der Waals surface area contributed by atoms with Crippen LogP contribution in [0.25, 0.3) is 33.9 Å². The second kappa shape index (κ2) is 4.56. The standard InChI is InChI=1S/C16H9FN2O2/c17-10-5-6-11-12(9-10)19-16(14-4-2-8-21-14)15(18-11)13-3-1-7-20-13/h1-9H. The molecule has 0 N–H and O–H groups in total. The van der Waals surface area contributed by atoms with Crippen molar-refractivity contribution < 1.29 is 13.2 Å².